The molecule has 15 heavy (non-hydrogen) atoms. The molecule has 2 rings (SSSR count). The molecule has 0 atom stereocenters. The van der Waals surface area contributed by atoms with E-state index in [4.69, 9.17) is 18.0 Å². The number of hydrogen-bond donors (Lipinski definition) is 1. The molecule has 1 aliphatic heterocycles. The second kappa shape index (κ2) is 4.60. The van der Waals surface area contributed by atoms with Gasteiger partial charge in [-0.3, -0.25) is 4.90 Å². The molecule has 4 heteroatoms. The topological polar surface area (TPSA) is 29.3 Å². The van der Waals surface area contributed by atoms with Gasteiger partial charge in [0, 0.05) is 30.5 Å². The lowest BCUT2D eigenvalue weighted by molar-refractivity contribution is 0.293. The summed E-state index contributed by atoms with van der Waals surface area (Å²) >= 11 is 8.37. The highest BCUT2D eigenvalue weighted by atomic mass is 79.9. The lowest BCUT2D eigenvalue weighted by Crippen LogP contribution is -2.22. The Kier molecular flexibility index (Phi) is 3.38. The minimum Gasteiger partial charge on any atom is -0.393 e. The Morgan fingerprint density at radius 1 is 1.40 bits per heavy atom. The van der Waals surface area contributed by atoms with Crippen molar-refractivity contribution in [3.63, 3.8) is 0 Å². The summed E-state index contributed by atoms with van der Waals surface area (Å²) in [5.74, 6) is 0. The van der Waals surface area contributed by atoms with E-state index in [0.717, 1.165) is 30.5 Å². The molecule has 1 aromatic rings. The van der Waals surface area contributed by atoms with Gasteiger partial charge >= 0.3 is 0 Å². The second-order valence-corrected chi connectivity index (χ2v) is 5.28. The Morgan fingerprint density at radius 3 is 2.87 bits per heavy atom. The number of rotatable bonds is 3. The molecular weight excluding hydrogens is 272 g/mol. The van der Waals surface area contributed by atoms with Gasteiger partial charge in [0.15, 0.2) is 0 Å². The Bertz CT molecular complexity index is 392. The minimum atomic E-state index is 0.604. The number of fused-ring (bicyclic) bond motifs is 1. The molecule has 0 unspecified atom stereocenters. The normalized spacial score (nSPS) is 15.3. The van der Waals surface area contributed by atoms with E-state index in [1.807, 2.05) is 0 Å². The van der Waals surface area contributed by atoms with Crippen molar-refractivity contribution in [2.45, 2.75) is 19.5 Å². The van der Waals surface area contributed by atoms with Crippen molar-refractivity contribution < 1.29 is 0 Å². The summed E-state index contributed by atoms with van der Waals surface area (Å²) in [6.07, 6.45) is 0.810. The third-order valence-electron chi connectivity index (χ3n) is 2.63. The van der Waals surface area contributed by atoms with E-state index in [-0.39, 0.29) is 0 Å². The standard InChI is InChI=1S/C11H13BrN2S/c12-10-2-1-8-6-14(4-3-11(13)15)7-9(8)5-10/h1-2,5H,3-4,6-7H2,(H2,13,15). The number of thiocarbonyl (C=S) groups is 1. The highest BCUT2D eigenvalue weighted by Crippen LogP contribution is 2.25. The molecule has 0 aliphatic carbocycles. The second-order valence-electron chi connectivity index (χ2n) is 3.84. The van der Waals surface area contributed by atoms with Crippen LogP contribution in [0, 0.1) is 0 Å². The van der Waals surface area contributed by atoms with E-state index < -0.39 is 0 Å². The maximum atomic E-state index is 5.50. The molecule has 0 amide bonds. The Balaban J connectivity index is 2.00. The predicted molar refractivity (Wildman–Crippen MR) is 69.7 cm³/mol. The first-order valence-corrected chi connectivity index (χ1v) is 6.13. The van der Waals surface area contributed by atoms with Gasteiger partial charge in [0.2, 0.25) is 0 Å². The first-order valence-electron chi connectivity index (χ1n) is 4.93. The van der Waals surface area contributed by atoms with Gasteiger partial charge in [-0.1, -0.05) is 34.2 Å². The SMILES string of the molecule is NC(=S)CCN1Cc2ccc(Br)cc2C1. The molecule has 2 N–H and O–H groups in total. The summed E-state index contributed by atoms with van der Waals surface area (Å²) < 4.78 is 1.15. The van der Waals surface area contributed by atoms with E-state index in [1.54, 1.807) is 0 Å². The molecule has 1 aromatic carbocycles. The van der Waals surface area contributed by atoms with Crippen LogP contribution in [-0.4, -0.2) is 16.4 Å². The summed E-state index contributed by atoms with van der Waals surface area (Å²) in [4.78, 5) is 2.98. The fraction of sp³-hybridized carbons (Fsp3) is 0.364. The molecule has 2 nitrogen and oxygen atoms in total. The number of benzene rings is 1. The van der Waals surface area contributed by atoms with Crippen molar-refractivity contribution in [2.75, 3.05) is 6.54 Å². The zero-order valence-corrected chi connectivity index (χ0v) is 10.8. The van der Waals surface area contributed by atoms with Gasteiger partial charge in [-0.05, 0) is 23.3 Å². The molecular formula is C11H13BrN2S. The van der Waals surface area contributed by atoms with Gasteiger partial charge in [0.1, 0.15) is 0 Å². The zero-order valence-electron chi connectivity index (χ0n) is 8.37. The Labute approximate surface area is 104 Å². The molecule has 1 aliphatic rings. The van der Waals surface area contributed by atoms with Crippen LogP contribution in [0.1, 0.15) is 17.5 Å². The fourth-order valence-corrected chi connectivity index (χ4v) is 2.36. The summed E-state index contributed by atoms with van der Waals surface area (Å²) in [6, 6.07) is 6.46. The Morgan fingerprint density at radius 2 is 2.13 bits per heavy atom. The van der Waals surface area contributed by atoms with Gasteiger partial charge in [-0.25, -0.2) is 0 Å². The summed E-state index contributed by atoms with van der Waals surface area (Å²) in [5.41, 5.74) is 8.32. The van der Waals surface area contributed by atoms with Crippen LogP contribution < -0.4 is 5.73 Å². The predicted octanol–water partition coefficient (Wildman–Crippen LogP) is 2.44. The fourth-order valence-electron chi connectivity index (χ4n) is 1.86. The van der Waals surface area contributed by atoms with Crippen LogP contribution in [0.2, 0.25) is 0 Å². The highest BCUT2D eigenvalue weighted by molar-refractivity contribution is 9.10. The average Bonchev–Trinajstić information content (AvgIpc) is 2.56. The first kappa shape index (κ1) is 11.0. The third kappa shape index (κ3) is 2.77. The number of nitrogens with zero attached hydrogens (tertiary/aromatic N) is 1. The molecule has 0 aromatic heterocycles. The highest BCUT2D eigenvalue weighted by Gasteiger charge is 2.18. The van der Waals surface area contributed by atoms with Crippen LogP contribution >= 0.6 is 28.1 Å². The van der Waals surface area contributed by atoms with Crippen LogP contribution in [-0.2, 0) is 13.1 Å². The first-order chi connectivity index (χ1) is 7.15. The summed E-state index contributed by atoms with van der Waals surface area (Å²) in [5, 5.41) is 0. The van der Waals surface area contributed by atoms with Crippen molar-refractivity contribution >= 4 is 33.1 Å². The van der Waals surface area contributed by atoms with Crippen molar-refractivity contribution in [3.05, 3.63) is 33.8 Å². The molecule has 0 spiro atoms. The molecule has 0 radical (unpaired) electrons. The maximum Gasteiger partial charge on any atom is 0.0740 e. The monoisotopic (exact) mass is 284 g/mol. The Hall–Kier alpha value is -0.450. The van der Waals surface area contributed by atoms with Crippen molar-refractivity contribution in [1.82, 2.24) is 4.90 Å². The molecule has 1 heterocycles. The molecule has 80 valence electrons. The van der Waals surface area contributed by atoms with Gasteiger partial charge < -0.3 is 5.73 Å². The third-order valence-corrected chi connectivity index (χ3v) is 3.33. The van der Waals surface area contributed by atoms with Gasteiger partial charge in [-0.2, -0.15) is 0 Å². The summed E-state index contributed by atoms with van der Waals surface area (Å²) in [6.45, 7) is 2.99. The molecule has 0 fully saturated rings. The van der Waals surface area contributed by atoms with Gasteiger partial charge in [0.05, 0.1) is 4.99 Å². The van der Waals surface area contributed by atoms with Crippen LogP contribution in [0.5, 0.6) is 0 Å². The zero-order chi connectivity index (χ0) is 10.8. The lowest BCUT2D eigenvalue weighted by atomic mass is 10.1. The smallest absolute Gasteiger partial charge is 0.0740 e. The quantitative estimate of drug-likeness (QED) is 0.865. The van der Waals surface area contributed by atoms with Gasteiger partial charge in [-0.15, -0.1) is 0 Å². The number of hydrogen-bond acceptors (Lipinski definition) is 2. The summed E-state index contributed by atoms with van der Waals surface area (Å²) in [7, 11) is 0. The minimum absolute atomic E-state index is 0.604. The van der Waals surface area contributed by atoms with E-state index >= 15 is 0 Å². The van der Waals surface area contributed by atoms with Crippen LogP contribution in [0.25, 0.3) is 0 Å². The molecule has 0 saturated heterocycles. The van der Waals surface area contributed by atoms with E-state index in [9.17, 15) is 0 Å². The van der Waals surface area contributed by atoms with Crippen molar-refractivity contribution in [2.24, 2.45) is 5.73 Å². The van der Waals surface area contributed by atoms with Crippen molar-refractivity contribution in [1.29, 1.82) is 0 Å². The van der Waals surface area contributed by atoms with Crippen LogP contribution in [0.15, 0.2) is 22.7 Å². The van der Waals surface area contributed by atoms with Crippen molar-refractivity contribution in [3.8, 4) is 0 Å². The van der Waals surface area contributed by atoms with Crippen LogP contribution in [0.3, 0.4) is 0 Å². The number of halogens is 1. The van der Waals surface area contributed by atoms with E-state index in [1.165, 1.54) is 11.1 Å². The molecule has 0 bridgehead atoms. The van der Waals surface area contributed by atoms with Crippen LogP contribution in [0.4, 0.5) is 0 Å². The molecule has 0 saturated carbocycles. The van der Waals surface area contributed by atoms with E-state index in [2.05, 4.69) is 39.0 Å². The number of nitrogens with two attached hydrogens (primary N) is 1. The van der Waals surface area contributed by atoms with E-state index in [0.29, 0.717) is 4.99 Å². The lowest BCUT2D eigenvalue weighted by Gasteiger charge is -2.13. The van der Waals surface area contributed by atoms with Gasteiger partial charge in [0.25, 0.3) is 0 Å². The maximum absolute atomic E-state index is 5.50. The average molecular weight is 285 g/mol. The largest absolute Gasteiger partial charge is 0.393 e.